The molecule has 0 spiro atoms. The SMILES string of the molecule is CCOCCn1/c(=N/S(=O)(=O)c2ccc(OC)cc2)sc2cc(OC)ccc21. The van der Waals surface area contributed by atoms with Crippen LogP contribution in [-0.4, -0.2) is 40.4 Å². The maximum Gasteiger partial charge on any atom is 0.285 e. The van der Waals surface area contributed by atoms with Crippen LogP contribution in [0.2, 0.25) is 0 Å². The van der Waals surface area contributed by atoms with Crippen molar-refractivity contribution in [1.29, 1.82) is 0 Å². The number of benzene rings is 2. The van der Waals surface area contributed by atoms with Crippen molar-refractivity contribution < 1.29 is 22.6 Å². The van der Waals surface area contributed by atoms with Gasteiger partial charge in [0.25, 0.3) is 10.0 Å². The number of hydrogen-bond acceptors (Lipinski definition) is 6. The summed E-state index contributed by atoms with van der Waals surface area (Å²) in [7, 11) is -0.745. The minimum Gasteiger partial charge on any atom is -0.497 e. The number of rotatable bonds is 8. The minimum atomic E-state index is -3.87. The lowest BCUT2D eigenvalue weighted by Crippen LogP contribution is -2.19. The zero-order valence-corrected chi connectivity index (χ0v) is 17.5. The van der Waals surface area contributed by atoms with E-state index in [1.54, 1.807) is 19.2 Å². The van der Waals surface area contributed by atoms with Gasteiger partial charge < -0.3 is 18.8 Å². The van der Waals surface area contributed by atoms with E-state index in [2.05, 4.69) is 4.40 Å². The van der Waals surface area contributed by atoms with Gasteiger partial charge in [-0.25, -0.2) is 0 Å². The number of aromatic nitrogens is 1. The van der Waals surface area contributed by atoms with Crippen molar-refractivity contribution >= 4 is 31.6 Å². The fraction of sp³-hybridized carbons (Fsp3) is 0.316. The molecule has 0 saturated heterocycles. The van der Waals surface area contributed by atoms with Gasteiger partial charge in [-0.3, -0.25) is 0 Å². The van der Waals surface area contributed by atoms with Gasteiger partial charge >= 0.3 is 0 Å². The van der Waals surface area contributed by atoms with Gasteiger partial charge in [0.1, 0.15) is 11.5 Å². The Morgan fingerprint density at radius 3 is 2.36 bits per heavy atom. The van der Waals surface area contributed by atoms with Crippen LogP contribution in [0.15, 0.2) is 51.8 Å². The van der Waals surface area contributed by atoms with Crippen molar-refractivity contribution in [1.82, 2.24) is 4.57 Å². The van der Waals surface area contributed by atoms with Crippen molar-refractivity contribution in [2.24, 2.45) is 4.40 Å². The van der Waals surface area contributed by atoms with E-state index in [1.807, 2.05) is 29.7 Å². The van der Waals surface area contributed by atoms with E-state index >= 15 is 0 Å². The molecule has 0 unspecified atom stereocenters. The Balaban J connectivity index is 2.11. The highest BCUT2D eigenvalue weighted by Gasteiger charge is 2.15. The number of fused-ring (bicyclic) bond motifs is 1. The predicted molar refractivity (Wildman–Crippen MR) is 109 cm³/mol. The van der Waals surface area contributed by atoms with Crippen LogP contribution < -0.4 is 14.3 Å². The first-order chi connectivity index (χ1) is 13.5. The molecule has 0 atom stereocenters. The van der Waals surface area contributed by atoms with Crippen molar-refractivity contribution in [3.63, 3.8) is 0 Å². The summed E-state index contributed by atoms with van der Waals surface area (Å²) in [6.07, 6.45) is 0. The molecule has 0 aliphatic heterocycles. The number of ether oxygens (including phenoxy) is 3. The molecule has 9 heteroatoms. The second-order valence-electron chi connectivity index (χ2n) is 5.81. The average Bonchev–Trinajstić information content (AvgIpc) is 3.03. The van der Waals surface area contributed by atoms with Crippen LogP contribution in [0.25, 0.3) is 10.2 Å². The standard InChI is InChI=1S/C19H22N2O5S2/c1-4-26-12-11-21-17-10-7-15(25-3)13-18(17)27-19(21)20-28(22,23)16-8-5-14(24-2)6-9-16/h5-10,13H,4,11-12H2,1-3H3/b20-19-. The Morgan fingerprint density at radius 2 is 1.71 bits per heavy atom. The highest BCUT2D eigenvalue weighted by Crippen LogP contribution is 2.24. The summed E-state index contributed by atoms with van der Waals surface area (Å²) >= 11 is 1.30. The first-order valence-corrected chi connectivity index (χ1v) is 10.9. The highest BCUT2D eigenvalue weighted by molar-refractivity contribution is 7.90. The normalized spacial score (nSPS) is 12.5. The van der Waals surface area contributed by atoms with Gasteiger partial charge in [-0.15, -0.1) is 4.40 Å². The second kappa shape index (κ2) is 8.76. The van der Waals surface area contributed by atoms with Crippen LogP contribution in [0.1, 0.15) is 6.92 Å². The van der Waals surface area contributed by atoms with Crippen molar-refractivity contribution in [3.8, 4) is 11.5 Å². The van der Waals surface area contributed by atoms with Crippen LogP contribution in [0.3, 0.4) is 0 Å². The molecule has 0 amide bonds. The molecule has 0 aliphatic rings. The Labute approximate surface area is 167 Å². The fourth-order valence-electron chi connectivity index (χ4n) is 2.67. The molecule has 1 aromatic heterocycles. The molecule has 28 heavy (non-hydrogen) atoms. The van der Waals surface area contributed by atoms with E-state index in [9.17, 15) is 8.42 Å². The lowest BCUT2D eigenvalue weighted by molar-refractivity contribution is 0.139. The van der Waals surface area contributed by atoms with E-state index in [-0.39, 0.29) is 4.90 Å². The van der Waals surface area contributed by atoms with Gasteiger partial charge in [0.2, 0.25) is 4.80 Å². The molecule has 0 N–H and O–H groups in total. The number of sulfonamides is 1. The van der Waals surface area contributed by atoms with E-state index in [1.165, 1.54) is 30.6 Å². The molecule has 0 bridgehead atoms. The van der Waals surface area contributed by atoms with Crippen LogP contribution in [-0.2, 0) is 21.3 Å². The third-order valence-electron chi connectivity index (χ3n) is 4.11. The third kappa shape index (κ3) is 4.37. The minimum absolute atomic E-state index is 0.111. The molecule has 0 saturated carbocycles. The van der Waals surface area contributed by atoms with E-state index in [0.717, 1.165) is 10.2 Å². The number of nitrogens with zero attached hydrogens (tertiary/aromatic N) is 2. The zero-order chi connectivity index (χ0) is 20.1. The molecular weight excluding hydrogens is 400 g/mol. The van der Waals surface area contributed by atoms with Gasteiger partial charge in [0.15, 0.2) is 0 Å². The quantitative estimate of drug-likeness (QED) is 0.522. The molecule has 0 fully saturated rings. The molecule has 3 aromatic rings. The maximum atomic E-state index is 12.8. The van der Waals surface area contributed by atoms with Gasteiger partial charge in [-0.2, -0.15) is 8.42 Å². The summed E-state index contributed by atoms with van der Waals surface area (Å²) in [6, 6.07) is 11.8. The molecule has 1 heterocycles. The average molecular weight is 423 g/mol. The number of methoxy groups -OCH3 is 2. The summed E-state index contributed by atoms with van der Waals surface area (Å²) < 4.78 is 48.3. The van der Waals surface area contributed by atoms with Crippen LogP contribution >= 0.6 is 11.3 Å². The van der Waals surface area contributed by atoms with Crippen LogP contribution in [0.4, 0.5) is 0 Å². The van der Waals surface area contributed by atoms with Gasteiger partial charge in [0.05, 0.1) is 35.9 Å². The van der Waals surface area contributed by atoms with Crippen molar-refractivity contribution in [2.75, 3.05) is 27.4 Å². The zero-order valence-electron chi connectivity index (χ0n) is 15.9. The summed E-state index contributed by atoms with van der Waals surface area (Å²) in [5.41, 5.74) is 0.884. The summed E-state index contributed by atoms with van der Waals surface area (Å²) in [5, 5.41) is 0. The molecule has 3 rings (SSSR count). The lowest BCUT2D eigenvalue weighted by atomic mass is 10.3. The molecule has 150 valence electrons. The van der Waals surface area contributed by atoms with Gasteiger partial charge in [0, 0.05) is 13.2 Å². The maximum absolute atomic E-state index is 12.8. The van der Waals surface area contributed by atoms with Crippen molar-refractivity contribution in [2.45, 2.75) is 18.4 Å². The third-order valence-corrected chi connectivity index (χ3v) is 6.55. The van der Waals surface area contributed by atoms with Crippen molar-refractivity contribution in [3.05, 3.63) is 47.3 Å². The van der Waals surface area contributed by atoms with Gasteiger partial charge in [-0.05, 0) is 49.4 Å². The largest absolute Gasteiger partial charge is 0.497 e. The molecule has 7 nitrogen and oxygen atoms in total. The number of thiazole rings is 1. The molecule has 0 aliphatic carbocycles. The Morgan fingerprint density at radius 1 is 1.04 bits per heavy atom. The Hall–Kier alpha value is -2.36. The molecule has 2 aromatic carbocycles. The van der Waals surface area contributed by atoms with E-state index in [4.69, 9.17) is 14.2 Å². The summed E-state index contributed by atoms with van der Waals surface area (Å²) in [6.45, 7) is 3.47. The Kier molecular flexibility index (Phi) is 6.38. The topological polar surface area (TPSA) is 79.1 Å². The lowest BCUT2D eigenvalue weighted by Gasteiger charge is -2.06. The van der Waals surface area contributed by atoms with Crippen LogP contribution in [0.5, 0.6) is 11.5 Å². The van der Waals surface area contributed by atoms with E-state index in [0.29, 0.717) is 36.1 Å². The first-order valence-electron chi connectivity index (χ1n) is 8.68. The van der Waals surface area contributed by atoms with Crippen LogP contribution in [0, 0.1) is 0 Å². The monoisotopic (exact) mass is 422 g/mol. The molecule has 0 radical (unpaired) electrons. The smallest absolute Gasteiger partial charge is 0.285 e. The fourth-order valence-corrected chi connectivity index (χ4v) is 4.96. The Bertz CT molecular complexity index is 1120. The predicted octanol–water partition coefficient (Wildman–Crippen LogP) is 3.05. The molecular formula is C19H22N2O5S2. The van der Waals surface area contributed by atoms with E-state index < -0.39 is 10.0 Å². The summed E-state index contributed by atoms with van der Waals surface area (Å²) in [5.74, 6) is 1.29. The second-order valence-corrected chi connectivity index (χ2v) is 8.42. The number of hydrogen-bond donors (Lipinski definition) is 0. The van der Waals surface area contributed by atoms with Gasteiger partial charge in [-0.1, -0.05) is 11.3 Å². The summed E-state index contributed by atoms with van der Waals surface area (Å²) in [4.78, 5) is 0.499. The first kappa shape index (κ1) is 20.4. The highest BCUT2D eigenvalue weighted by atomic mass is 32.2.